The van der Waals surface area contributed by atoms with Crippen LogP contribution in [0.1, 0.15) is 0 Å². The Morgan fingerprint density at radius 1 is 1.03 bits per heavy atom. The Bertz CT molecular complexity index is 1150. The highest BCUT2D eigenvalue weighted by Gasteiger charge is 2.20. The fraction of sp³-hybridized carbons (Fsp3) is 0.200. The van der Waals surface area contributed by atoms with Crippen molar-refractivity contribution >= 4 is 11.0 Å². The van der Waals surface area contributed by atoms with Crippen LogP contribution in [0.4, 0.5) is 8.78 Å². The molecule has 0 N–H and O–H groups in total. The molecule has 0 spiro atoms. The van der Waals surface area contributed by atoms with Crippen LogP contribution in [0.15, 0.2) is 48.9 Å². The van der Waals surface area contributed by atoms with Gasteiger partial charge in [0.25, 0.3) is 12.3 Å². The second-order valence-corrected chi connectivity index (χ2v) is 6.16. The van der Waals surface area contributed by atoms with E-state index in [1.54, 1.807) is 12.3 Å². The minimum atomic E-state index is -2.53. The summed E-state index contributed by atoms with van der Waals surface area (Å²) in [5, 5.41) is 4.37. The van der Waals surface area contributed by atoms with Gasteiger partial charge in [0.15, 0.2) is 5.75 Å². The molecule has 0 atom stereocenters. The average molecular weight is 397 g/mol. The molecule has 0 saturated carbocycles. The fourth-order valence-corrected chi connectivity index (χ4v) is 3.08. The van der Waals surface area contributed by atoms with E-state index in [2.05, 4.69) is 20.1 Å². The van der Waals surface area contributed by atoms with Gasteiger partial charge in [-0.05, 0) is 0 Å². The second-order valence-electron chi connectivity index (χ2n) is 6.16. The summed E-state index contributed by atoms with van der Waals surface area (Å²) in [5.74, 6) is 0.707. The first kappa shape index (κ1) is 18.7. The van der Waals surface area contributed by atoms with Gasteiger partial charge in [0.1, 0.15) is 29.8 Å². The Labute approximate surface area is 165 Å². The predicted octanol–water partition coefficient (Wildman–Crippen LogP) is 3.84. The number of ether oxygens (including phenoxy) is 2. The molecule has 7 nitrogen and oxygen atoms in total. The molecule has 4 aromatic rings. The normalized spacial score (nSPS) is 11.2. The standard InChI is InChI=1S/C20H17F2N5O2/c1-28-15-8-14-19(25-20(15)29-2)18(24-11-23-14)13-9-27(10-16(21)22)26-17(13)12-6-4-3-5-7-12/h3-9,11,16H,10H2,1-2H3. The highest BCUT2D eigenvalue weighted by molar-refractivity contribution is 5.94. The summed E-state index contributed by atoms with van der Waals surface area (Å²) < 4.78 is 37.7. The summed E-state index contributed by atoms with van der Waals surface area (Å²) in [4.78, 5) is 13.1. The Balaban J connectivity index is 1.96. The van der Waals surface area contributed by atoms with Crippen molar-refractivity contribution in [2.75, 3.05) is 14.2 Å². The van der Waals surface area contributed by atoms with Gasteiger partial charge in [-0.25, -0.2) is 23.7 Å². The van der Waals surface area contributed by atoms with E-state index in [0.29, 0.717) is 33.7 Å². The summed E-state index contributed by atoms with van der Waals surface area (Å²) in [6, 6.07) is 11.0. The number of rotatable bonds is 6. The number of halogens is 2. The van der Waals surface area contributed by atoms with Crippen molar-refractivity contribution in [3.8, 4) is 34.1 Å². The van der Waals surface area contributed by atoms with Crippen LogP contribution >= 0.6 is 0 Å². The van der Waals surface area contributed by atoms with Crippen molar-refractivity contribution in [2.24, 2.45) is 0 Å². The van der Waals surface area contributed by atoms with E-state index in [1.807, 2.05) is 30.3 Å². The lowest BCUT2D eigenvalue weighted by atomic mass is 10.0. The minimum absolute atomic E-state index is 0.275. The Kier molecular flexibility index (Phi) is 5.03. The number of nitrogens with zero attached hydrogens (tertiary/aromatic N) is 5. The summed E-state index contributed by atoms with van der Waals surface area (Å²) in [7, 11) is 2.99. The number of methoxy groups -OCH3 is 2. The van der Waals surface area contributed by atoms with Crippen molar-refractivity contribution in [3.05, 3.63) is 48.9 Å². The Hall–Kier alpha value is -3.62. The average Bonchev–Trinajstić information content (AvgIpc) is 3.15. The smallest absolute Gasteiger partial charge is 0.257 e. The van der Waals surface area contributed by atoms with Crippen molar-refractivity contribution in [1.29, 1.82) is 0 Å². The molecule has 0 fully saturated rings. The lowest BCUT2D eigenvalue weighted by molar-refractivity contribution is 0.122. The van der Waals surface area contributed by atoms with Crippen LogP contribution in [-0.4, -0.2) is 45.4 Å². The van der Waals surface area contributed by atoms with Gasteiger partial charge in [-0.15, -0.1) is 0 Å². The predicted molar refractivity (Wildman–Crippen MR) is 103 cm³/mol. The van der Waals surface area contributed by atoms with Crippen LogP contribution < -0.4 is 9.47 Å². The fourth-order valence-electron chi connectivity index (χ4n) is 3.08. The van der Waals surface area contributed by atoms with E-state index < -0.39 is 13.0 Å². The van der Waals surface area contributed by atoms with Crippen LogP contribution in [0.25, 0.3) is 33.5 Å². The lowest BCUT2D eigenvalue weighted by Gasteiger charge is -2.10. The topological polar surface area (TPSA) is 75.0 Å². The number of hydrogen-bond donors (Lipinski definition) is 0. The van der Waals surface area contributed by atoms with Gasteiger partial charge < -0.3 is 9.47 Å². The van der Waals surface area contributed by atoms with E-state index in [1.165, 1.54) is 25.2 Å². The van der Waals surface area contributed by atoms with E-state index in [0.717, 1.165) is 5.56 Å². The van der Waals surface area contributed by atoms with Crippen molar-refractivity contribution in [3.63, 3.8) is 0 Å². The number of hydrogen-bond acceptors (Lipinski definition) is 6. The monoisotopic (exact) mass is 397 g/mol. The third kappa shape index (κ3) is 3.58. The molecule has 3 heterocycles. The first-order chi connectivity index (χ1) is 14.1. The highest BCUT2D eigenvalue weighted by atomic mass is 19.3. The maximum Gasteiger partial charge on any atom is 0.257 e. The van der Waals surface area contributed by atoms with Crippen LogP contribution in [0.2, 0.25) is 0 Å². The van der Waals surface area contributed by atoms with Crippen molar-refractivity contribution in [2.45, 2.75) is 13.0 Å². The molecule has 0 aliphatic heterocycles. The number of aromatic nitrogens is 5. The molecule has 4 rings (SSSR count). The Morgan fingerprint density at radius 2 is 1.83 bits per heavy atom. The van der Waals surface area contributed by atoms with E-state index in [4.69, 9.17) is 9.47 Å². The molecule has 148 valence electrons. The van der Waals surface area contributed by atoms with Crippen molar-refractivity contribution in [1.82, 2.24) is 24.7 Å². The largest absolute Gasteiger partial charge is 0.491 e. The van der Waals surface area contributed by atoms with E-state index >= 15 is 0 Å². The number of pyridine rings is 1. The van der Waals surface area contributed by atoms with Crippen molar-refractivity contribution < 1.29 is 18.3 Å². The zero-order valence-corrected chi connectivity index (χ0v) is 15.7. The molecule has 9 heteroatoms. The van der Waals surface area contributed by atoms with Gasteiger partial charge in [0.05, 0.1) is 19.7 Å². The number of fused-ring (bicyclic) bond motifs is 1. The lowest BCUT2D eigenvalue weighted by Crippen LogP contribution is -2.06. The molecule has 29 heavy (non-hydrogen) atoms. The van der Waals surface area contributed by atoms with Gasteiger partial charge in [-0.3, -0.25) is 4.68 Å². The molecule has 0 unspecified atom stereocenters. The molecule has 0 amide bonds. The second kappa shape index (κ2) is 7.78. The third-order valence-corrected chi connectivity index (χ3v) is 4.34. The SMILES string of the molecule is COc1cc2ncnc(-c3cn(CC(F)F)nc3-c3ccccc3)c2nc1OC. The van der Waals surface area contributed by atoms with Crippen LogP contribution in [0.3, 0.4) is 0 Å². The molecule has 0 saturated heterocycles. The Morgan fingerprint density at radius 3 is 2.52 bits per heavy atom. The molecule has 0 radical (unpaired) electrons. The quantitative estimate of drug-likeness (QED) is 0.492. The van der Waals surface area contributed by atoms with Gasteiger partial charge in [-0.1, -0.05) is 30.3 Å². The number of alkyl halides is 2. The first-order valence-electron chi connectivity index (χ1n) is 8.75. The maximum absolute atomic E-state index is 13.0. The summed E-state index contributed by atoms with van der Waals surface area (Å²) >= 11 is 0. The molecular formula is C20H17F2N5O2. The molecule has 0 aliphatic rings. The summed E-state index contributed by atoms with van der Waals surface area (Å²) in [6.07, 6.45) is 0.412. The van der Waals surface area contributed by atoms with Gasteiger partial charge in [-0.2, -0.15) is 5.10 Å². The number of benzene rings is 1. The zero-order chi connectivity index (χ0) is 20.4. The first-order valence-corrected chi connectivity index (χ1v) is 8.75. The highest BCUT2D eigenvalue weighted by Crippen LogP contribution is 2.36. The third-order valence-electron chi connectivity index (χ3n) is 4.34. The zero-order valence-electron chi connectivity index (χ0n) is 15.7. The maximum atomic E-state index is 13.0. The van der Waals surface area contributed by atoms with Gasteiger partial charge >= 0.3 is 0 Å². The van der Waals surface area contributed by atoms with Crippen LogP contribution in [0.5, 0.6) is 11.6 Å². The molecule has 0 aliphatic carbocycles. The van der Waals surface area contributed by atoms with E-state index in [-0.39, 0.29) is 5.88 Å². The molecule has 0 bridgehead atoms. The summed E-state index contributed by atoms with van der Waals surface area (Å²) in [5.41, 5.74) is 3.34. The molecular weight excluding hydrogens is 380 g/mol. The van der Waals surface area contributed by atoms with Crippen LogP contribution in [-0.2, 0) is 6.54 Å². The molecule has 3 aromatic heterocycles. The van der Waals surface area contributed by atoms with Gasteiger partial charge in [0, 0.05) is 23.4 Å². The van der Waals surface area contributed by atoms with E-state index in [9.17, 15) is 8.78 Å². The van der Waals surface area contributed by atoms with Gasteiger partial charge in [0.2, 0.25) is 0 Å². The summed E-state index contributed by atoms with van der Waals surface area (Å²) in [6.45, 7) is -0.520. The molecule has 1 aromatic carbocycles. The minimum Gasteiger partial charge on any atom is -0.491 e. The van der Waals surface area contributed by atoms with Crippen LogP contribution in [0, 0.1) is 0 Å².